The molecular weight excluding hydrogens is 266 g/mol. The fraction of sp³-hybridized carbons (Fsp3) is 0.562. The van der Waals surface area contributed by atoms with Crippen molar-refractivity contribution < 1.29 is 9.53 Å². The first-order valence-electron chi connectivity index (χ1n) is 7.35. The van der Waals surface area contributed by atoms with Crippen LogP contribution in [0.25, 0.3) is 0 Å². The van der Waals surface area contributed by atoms with E-state index in [2.05, 4.69) is 16.3 Å². The molecule has 1 aliphatic rings. The zero-order valence-corrected chi connectivity index (χ0v) is 13.3. The maximum absolute atomic E-state index is 12.4. The Labute approximate surface area is 126 Å². The highest BCUT2D eigenvalue weighted by atomic mass is 16.5. The van der Waals surface area contributed by atoms with Crippen molar-refractivity contribution in [2.24, 2.45) is 0 Å². The molecule has 1 saturated heterocycles. The summed E-state index contributed by atoms with van der Waals surface area (Å²) in [6, 6.07) is 8.06. The van der Waals surface area contributed by atoms with Crippen LogP contribution in [0.3, 0.4) is 0 Å². The maximum atomic E-state index is 12.4. The van der Waals surface area contributed by atoms with Gasteiger partial charge in [-0.3, -0.25) is 4.79 Å². The molecule has 1 fully saturated rings. The minimum atomic E-state index is -0.502. The summed E-state index contributed by atoms with van der Waals surface area (Å²) in [5.74, 6) is 1.03. The van der Waals surface area contributed by atoms with Gasteiger partial charge in [-0.25, -0.2) is 0 Å². The molecule has 0 aliphatic carbocycles. The van der Waals surface area contributed by atoms with Gasteiger partial charge >= 0.3 is 0 Å². The molecule has 5 nitrogen and oxygen atoms in total. The number of hydrogen-bond acceptors (Lipinski definition) is 4. The third-order valence-electron chi connectivity index (χ3n) is 4.15. The fourth-order valence-corrected chi connectivity index (χ4v) is 2.48. The first-order valence-corrected chi connectivity index (χ1v) is 7.35. The highest BCUT2D eigenvalue weighted by Crippen LogP contribution is 2.22. The van der Waals surface area contributed by atoms with Crippen LogP contribution in [0, 0.1) is 0 Å². The molecular formula is C16H25N3O2. The van der Waals surface area contributed by atoms with Gasteiger partial charge in [0, 0.05) is 37.9 Å². The average molecular weight is 291 g/mol. The number of amides is 1. The van der Waals surface area contributed by atoms with E-state index < -0.39 is 5.54 Å². The fourth-order valence-electron chi connectivity index (χ4n) is 2.48. The van der Waals surface area contributed by atoms with E-state index in [1.165, 1.54) is 0 Å². The average Bonchev–Trinajstić information content (AvgIpc) is 2.54. The Morgan fingerprint density at radius 1 is 1.24 bits per heavy atom. The van der Waals surface area contributed by atoms with Gasteiger partial charge in [0.25, 0.3) is 0 Å². The van der Waals surface area contributed by atoms with Gasteiger partial charge in [0.15, 0.2) is 0 Å². The predicted molar refractivity (Wildman–Crippen MR) is 84.9 cm³/mol. The van der Waals surface area contributed by atoms with Crippen molar-refractivity contribution >= 4 is 11.6 Å². The summed E-state index contributed by atoms with van der Waals surface area (Å²) in [7, 11) is 3.50. The first kappa shape index (κ1) is 15.6. The molecule has 0 spiro atoms. The molecule has 1 heterocycles. The number of ether oxygens (including phenoxy) is 1. The van der Waals surface area contributed by atoms with E-state index in [0.29, 0.717) is 0 Å². The molecule has 2 rings (SSSR count). The molecule has 1 aromatic carbocycles. The second-order valence-corrected chi connectivity index (χ2v) is 5.86. The Hall–Kier alpha value is -1.75. The number of piperazine rings is 1. The molecule has 1 aliphatic heterocycles. The number of carbonyl (C=O) groups excluding carboxylic acids is 1. The van der Waals surface area contributed by atoms with Crippen LogP contribution in [0.15, 0.2) is 24.3 Å². The maximum Gasteiger partial charge on any atom is 0.242 e. The van der Waals surface area contributed by atoms with Gasteiger partial charge in [-0.15, -0.1) is 0 Å². The lowest BCUT2D eigenvalue weighted by atomic mass is 10.0. The first-order chi connectivity index (χ1) is 9.97. The van der Waals surface area contributed by atoms with Crippen LogP contribution in [0.2, 0.25) is 0 Å². The van der Waals surface area contributed by atoms with Gasteiger partial charge in [-0.05, 0) is 33.0 Å². The van der Waals surface area contributed by atoms with Crippen LogP contribution < -0.4 is 15.0 Å². The Kier molecular flexibility index (Phi) is 4.73. The molecule has 116 valence electrons. The number of hydrogen-bond donors (Lipinski definition) is 1. The molecule has 1 aromatic rings. The number of likely N-dealkylation sites (N-methyl/N-ethyl adjacent to an activating group) is 1. The zero-order valence-electron chi connectivity index (χ0n) is 13.3. The molecule has 0 saturated carbocycles. The smallest absolute Gasteiger partial charge is 0.242 e. The molecule has 5 heteroatoms. The normalized spacial score (nSPS) is 16.0. The molecule has 1 N–H and O–H groups in total. The minimum absolute atomic E-state index is 0.162. The molecule has 21 heavy (non-hydrogen) atoms. The number of methoxy groups -OCH3 is 1. The lowest BCUT2D eigenvalue weighted by Crippen LogP contribution is -2.58. The second-order valence-electron chi connectivity index (χ2n) is 5.86. The molecule has 0 aromatic heterocycles. The van der Waals surface area contributed by atoms with Gasteiger partial charge in [-0.1, -0.05) is 6.07 Å². The van der Waals surface area contributed by atoms with E-state index in [4.69, 9.17) is 4.74 Å². The van der Waals surface area contributed by atoms with Crippen LogP contribution >= 0.6 is 0 Å². The third-order valence-corrected chi connectivity index (χ3v) is 4.15. The van der Waals surface area contributed by atoms with Gasteiger partial charge < -0.3 is 19.9 Å². The van der Waals surface area contributed by atoms with E-state index in [1.807, 2.05) is 44.0 Å². The summed E-state index contributed by atoms with van der Waals surface area (Å²) >= 11 is 0. The molecule has 0 radical (unpaired) electrons. The summed E-state index contributed by atoms with van der Waals surface area (Å²) in [6.45, 7) is 7.03. The van der Waals surface area contributed by atoms with E-state index in [9.17, 15) is 4.79 Å². The van der Waals surface area contributed by atoms with Crippen molar-refractivity contribution in [1.29, 1.82) is 0 Å². The number of rotatable bonds is 4. The standard InChI is InChI=1S/C16H25N3O2/c1-16(2,17-3)15(20)19-10-8-18(9-11-19)13-6-5-7-14(12-13)21-4/h5-7,12,17H,8-11H2,1-4H3. The van der Waals surface area contributed by atoms with E-state index in [1.54, 1.807) is 7.11 Å². The van der Waals surface area contributed by atoms with Gasteiger partial charge in [0.05, 0.1) is 12.6 Å². The van der Waals surface area contributed by atoms with Gasteiger partial charge in [0.1, 0.15) is 5.75 Å². The lowest BCUT2D eigenvalue weighted by Gasteiger charge is -2.39. The topological polar surface area (TPSA) is 44.8 Å². The number of carbonyl (C=O) groups is 1. The Balaban J connectivity index is 1.98. The van der Waals surface area contributed by atoms with Crippen LogP contribution in [0.5, 0.6) is 5.75 Å². The minimum Gasteiger partial charge on any atom is -0.497 e. The number of nitrogens with one attached hydrogen (secondary N) is 1. The number of nitrogens with zero attached hydrogens (tertiary/aromatic N) is 2. The monoisotopic (exact) mass is 291 g/mol. The number of anilines is 1. The summed E-state index contributed by atoms with van der Waals surface area (Å²) in [4.78, 5) is 16.6. The highest BCUT2D eigenvalue weighted by molar-refractivity contribution is 5.85. The second kappa shape index (κ2) is 6.35. The third kappa shape index (κ3) is 3.47. The quantitative estimate of drug-likeness (QED) is 0.909. The SMILES string of the molecule is CNC(C)(C)C(=O)N1CCN(c2cccc(OC)c2)CC1. The molecule has 0 bridgehead atoms. The molecule has 0 atom stereocenters. The largest absolute Gasteiger partial charge is 0.497 e. The Bertz CT molecular complexity index is 494. The van der Waals surface area contributed by atoms with Crippen LogP contribution in [-0.2, 0) is 4.79 Å². The zero-order chi connectivity index (χ0) is 15.5. The van der Waals surface area contributed by atoms with Crippen molar-refractivity contribution in [3.63, 3.8) is 0 Å². The molecule has 1 amide bonds. The van der Waals surface area contributed by atoms with Gasteiger partial charge in [-0.2, -0.15) is 0 Å². The van der Waals surface area contributed by atoms with Crippen molar-refractivity contribution in [3.8, 4) is 5.75 Å². The number of benzene rings is 1. The Morgan fingerprint density at radius 3 is 2.48 bits per heavy atom. The van der Waals surface area contributed by atoms with E-state index in [0.717, 1.165) is 37.6 Å². The Morgan fingerprint density at radius 2 is 1.90 bits per heavy atom. The van der Waals surface area contributed by atoms with Crippen LogP contribution in [-0.4, -0.2) is 56.7 Å². The van der Waals surface area contributed by atoms with Crippen molar-refractivity contribution in [2.75, 3.05) is 45.2 Å². The molecule has 0 unspecified atom stereocenters. The van der Waals surface area contributed by atoms with Gasteiger partial charge in [0.2, 0.25) is 5.91 Å². The summed E-state index contributed by atoms with van der Waals surface area (Å²) in [6.07, 6.45) is 0. The summed E-state index contributed by atoms with van der Waals surface area (Å²) in [5.41, 5.74) is 0.646. The van der Waals surface area contributed by atoms with Crippen molar-refractivity contribution in [1.82, 2.24) is 10.2 Å². The highest BCUT2D eigenvalue weighted by Gasteiger charge is 2.32. The van der Waals surface area contributed by atoms with Crippen molar-refractivity contribution in [2.45, 2.75) is 19.4 Å². The van der Waals surface area contributed by atoms with Crippen LogP contribution in [0.4, 0.5) is 5.69 Å². The summed E-state index contributed by atoms with van der Waals surface area (Å²) in [5, 5.41) is 3.08. The summed E-state index contributed by atoms with van der Waals surface area (Å²) < 4.78 is 5.26. The van der Waals surface area contributed by atoms with E-state index in [-0.39, 0.29) is 5.91 Å². The lowest BCUT2D eigenvalue weighted by molar-refractivity contribution is -0.137. The van der Waals surface area contributed by atoms with Crippen LogP contribution in [0.1, 0.15) is 13.8 Å². The predicted octanol–water partition coefficient (Wildman–Crippen LogP) is 1.34. The van der Waals surface area contributed by atoms with Crippen molar-refractivity contribution in [3.05, 3.63) is 24.3 Å². The van der Waals surface area contributed by atoms with E-state index >= 15 is 0 Å².